The molecule has 7 heteroatoms. The maximum atomic E-state index is 11.5. The smallest absolute Gasteiger partial charge is 0.303 e. The van der Waals surface area contributed by atoms with Gasteiger partial charge >= 0.3 is 17.9 Å². The van der Waals surface area contributed by atoms with Gasteiger partial charge in [-0.2, -0.15) is 0 Å². The molecule has 0 bridgehead atoms. The number of esters is 3. The van der Waals surface area contributed by atoms with Crippen LogP contribution in [-0.4, -0.2) is 42.8 Å². The van der Waals surface area contributed by atoms with Crippen molar-refractivity contribution in [3.05, 3.63) is 35.9 Å². The van der Waals surface area contributed by atoms with Gasteiger partial charge in [-0.3, -0.25) is 14.4 Å². The highest BCUT2D eigenvalue weighted by Gasteiger charge is 2.43. The van der Waals surface area contributed by atoms with Crippen LogP contribution in [0.4, 0.5) is 0 Å². The van der Waals surface area contributed by atoms with E-state index in [-0.39, 0.29) is 12.7 Å². The molecular formula is C18H22O7. The topological polar surface area (TPSA) is 88.1 Å². The Morgan fingerprint density at radius 3 is 2.20 bits per heavy atom. The highest BCUT2D eigenvalue weighted by Crippen LogP contribution is 2.35. The third-order valence-corrected chi connectivity index (χ3v) is 3.76. The molecule has 1 aromatic rings. The molecule has 0 unspecified atom stereocenters. The maximum absolute atomic E-state index is 11.5. The summed E-state index contributed by atoms with van der Waals surface area (Å²) < 4.78 is 21.7. The zero-order valence-corrected chi connectivity index (χ0v) is 14.5. The second-order valence-corrected chi connectivity index (χ2v) is 5.83. The summed E-state index contributed by atoms with van der Waals surface area (Å²) in [6, 6.07) is 9.42. The van der Waals surface area contributed by atoms with Gasteiger partial charge in [0.25, 0.3) is 0 Å². The lowest BCUT2D eigenvalue weighted by molar-refractivity contribution is -0.216. The Hall–Kier alpha value is -2.41. The quantitative estimate of drug-likeness (QED) is 0.592. The Balaban J connectivity index is 2.26. The molecule has 1 aromatic carbocycles. The van der Waals surface area contributed by atoms with Crippen LogP contribution in [0.1, 0.15) is 38.9 Å². The van der Waals surface area contributed by atoms with Crippen LogP contribution in [0.5, 0.6) is 0 Å². The summed E-state index contributed by atoms with van der Waals surface area (Å²) in [5.41, 5.74) is 0.897. The lowest BCUT2D eigenvalue weighted by Crippen LogP contribution is -2.51. The van der Waals surface area contributed by atoms with Gasteiger partial charge in [0.1, 0.15) is 18.8 Å². The first-order chi connectivity index (χ1) is 11.9. The van der Waals surface area contributed by atoms with Gasteiger partial charge in [-0.1, -0.05) is 30.3 Å². The largest absolute Gasteiger partial charge is 0.463 e. The lowest BCUT2D eigenvalue weighted by Gasteiger charge is -2.40. The fraction of sp³-hybridized carbons (Fsp3) is 0.500. The van der Waals surface area contributed by atoms with Gasteiger partial charge in [0.2, 0.25) is 0 Å². The lowest BCUT2D eigenvalue weighted by atomic mass is 9.93. The van der Waals surface area contributed by atoms with E-state index in [1.54, 1.807) is 0 Å². The van der Waals surface area contributed by atoms with Crippen molar-refractivity contribution >= 4 is 17.9 Å². The zero-order chi connectivity index (χ0) is 18.4. The van der Waals surface area contributed by atoms with Crippen molar-refractivity contribution in [3.63, 3.8) is 0 Å². The summed E-state index contributed by atoms with van der Waals surface area (Å²) in [4.78, 5) is 34.1. The molecule has 1 saturated heterocycles. The number of carbonyl (C=O) groups excluding carboxylic acids is 3. The van der Waals surface area contributed by atoms with Crippen molar-refractivity contribution in [2.45, 2.75) is 51.6 Å². The predicted octanol–water partition coefficient (Wildman–Crippen LogP) is 1.94. The molecular weight excluding hydrogens is 328 g/mol. The van der Waals surface area contributed by atoms with Gasteiger partial charge in [-0.25, -0.2) is 0 Å². The minimum atomic E-state index is -0.847. The van der Waals surface area contributed by atoms with Gasteiger partial charge in [-0.05, 0) is 5.56 Å². The first-order valence-electron chi connectivity index (χ1n) is 8.05. The van der Waals surface area contributed by atoms with Crippen molar-refractivity contribution in [1.82, 2.24) is 0 Å². The molecule has 1 heterocycles. The number of hydrogen-bond acceptors (Lipinski definition) is 7. The molecule has 1 aliphatic rings. The third kappa shape index (κ3) is 5.56. The zero-order valence-electron chi connectivity index (χ0n) is 14.5. The van der Waals surface area contributed by atoms with Crippen LogP contribution in [0.3, 0.4) is 0 Å². The van der Waals surface area contributed by atoms with Crippen molar-refractivity contribution in [2.24, 2.45) is 0 Å². The first kappa shape index (κ1) is 18.9. The molecule has 1 aliphatic heterocycles. The summed E-state index contributed by atoms with van der Waals surface area (Å²) in [7, 11) is 0. The number of carbonyl (C=O) groups is 3. The van der Waals surface area contributed by atoms with E-state index in [1.165, 1.54) is 20.8 Å². The van der Waals surface area contributed by atoms with E-state index in [4.69, 9.17) is 18.9 Å². The van der Waals surface area contributed by atoms with Crippen LogP contribution >= 0.6 is 0 Å². The standard InChI is InChI=1S/C18H22O7/c1-11(19)22-10-17-18(24-13(3)21)16(23-12(2)20)9-15(25-17)14-7-5-4-6-8-14/h4-8,15-18H,9-10H2,1-3H3/t15-,16-,17-,18-/m1/s1. The normalized spacial score (nSPS) is 25.7. The second kappa shape index (κ2) is 8.62. The number of ether oxygens (including phenoxy) is 4. The molecule has 0 aliphatic carbocycles. The van der Waals surface area contributed by atoms with Crippen LogP contribution in [0.25, 0.3) is 0 Å². The minimum Gasteiger partial charge on any atom is -0.463 e. The third-order valence-electron chi connectivity index (χ3n) is 3.76. The van der Waals surface area contributed by atoms with Crippen LogP contribution in [0, 0.1) is 0 Å². The van der Waals surface area contributed by atoms with E-state index in [1.807, 2.05) is 30.3 Å². The Bertz CT molecular complexity index is 613. The molecule has 4 atom stereocenters. The molecule has 0 saturated carbocycles. The molecule has 136 valence electrons. The van der Waals surface area contributed by atoms with Crippen LogP contribution < -0.4 is 0 Å². The molecule has 0 radical (unpaired) electrons. The van der Waals surface area contributed by atoms with Gasteiger partial charge in [0.15, 0.2) is 6.10 Å². The Morgan fingerprint density at radius 1 is 1.00 bits per heavy atom. The number of rotatable bonds is 5. The van der Waals surface area contributed by atoms with E-state index in [0.29, 0.717) is 6.42 Å². The van der Waals surface area contributed by atoms with Gasteiger partial charge in [-0.15, -0.1) is 0 Å². The molecule has 1 fully saturated rings. The summed E-state index contributed by atoms with van der Waals surface area (Å²) in [5.74, 6) is -1.49. The molecule has 0 amide bonds. The minimum absolute atomic E-state index is 0.103. The summed E-state index contributed by atoms with van der Waals surface area (Å²) in [6.07, 6.45) is -2.33. The van der Waals surface area contributed by atoms with Crippen molar-refractivity contribution in [2.75, 3.05) is 6.61 Å². The van der Waals surface area contributed by atoms with Crippen LogP contribution in [0.2, 0.25) is 0 Å². The Labute approximate surface area is 146 Å². The van der Waals surface area contributed by atoms with Crippen molar-refractivity contribution in [1.29, 1.82) is 0 Å². The summed E-state index contributed by atoms with van der Waals surface area (Å²) in [6.45, 7) is 3.73. The summed E-state index contributed by atoms with van der Waals surface area (Å²) >= 11 is 0. The highest BCUT2D eigenvalue weighted by atomic mass is 16.6. The monoisotopic (exact) mass is 350 g/mol. The van der Waals surface area contributed by atoms with Crippen molar-refractivity contribution < 1.29 is 33.3 Å². The fourth-order valence-corrected chi connectivity index (χ4v) is 2.82. The van der Waals surface area contributed by atoms with Crippen LogP contribution in [-0.2, 0) is 33.3 Å². The first-order valence-corrected chi connectivity index (χ1v) is 8.05. The maximum Gasteiger partial charge on any atom is 0.303 e. The molecule has 0 spiro atoms. The van der Waals surface area contributed by atoms with E-state index in [9.17, 15) is 14.4 Å². The van der Waals surface area contributed by atoms with E-state index >= 15 is 0 Å². The fourth-order valence-electron chi connectivity index (χ4n) is 2.82. The van der Waals surface area contributed by atoms with Gasteiger partial charge in [0, 0.05) is 27.2 Å². The van der Waals surface area contributed by atoms with E-state index in [2.05, 4.69) is 0 Å². The predicted molar refractivity (Wildman–Crippen MR) is 86.4 cm³/mol. The Morgan fingerprint density at radius 2 is 1.64 bits per heavy atom. The summed E-state index contributed by atoms with van der Waals surface area (Å²) in [5, 5.41) is 0. The van der Waals surface area contributed by atoms with Gasteiger partial charge in [0.05, 0.1) is 6.10 Å². The number of benzene rings is 1. The van der Waals surface area contributed by atoms with Gasteiger partial charge < -0.3 is 18.9 Å². The Kier molecular flexibility index (Phi) is 6.52. The number of hydrogen-bond donors (Lipinski definition) is 0. The molecule has 25 heavy (non-hydrogen) atoms. The molecule has 2 rings (SSSR count). The van der Waals surface area contributed by atoms with E-state index in [0.717, 1.165) is 5.56 Å². The molecule has 7 nitrogen and oxygen atoms in total. The molecule has 0 N–H and O–H groups in total. The average Bonchev–Trinajstić information content (AvgIpc) is 2.54. The van der Waals surface area contributed by atoms with E-state index < -0.39 is 36.2 Å². The van der Waals surface area contributed by atoms with Crippen LogP contribution in [0.15, 0.2) is 30.3 Å². The highest BCUT2D eigenvalue weighted by molar-refractivity contribution is 5.67. The average molecular weight is 350 g/mol. The van der Waals surface area contributed by atoms with Crippen molar-refractivity contribution in [3.8, 4) is 0 Å². The SMILES string of the molecule is CC(=O)OC[C@H]1O[C@@H](c2ccccc2)C[C@@H](OC(C)=O)[C@H]1OC(C)=O. The second-order valence-electron chi connectivity index (χ2n) is 5.83. The molecule has 0 aromatic heterocycles.